The number of rotatable bonds is 6. The highest BCUT2D eigenvalue weighted by Gasteiger charge is 2.28. The van der Waals surface area contributed by atoms with Crippen molar-refractivity contribution >= 4 is 21.4 Å². The molecule has 1 aliphatic heterocycles. The van der Waals surface area contributed by atoms with E-state index in [0.717, 1.165) is 43.5 Å². The van der Waals surface area contributed by atoms with E-state index in [1.54, 1.807) is 20.8 Å². The lowest BCUT2D eigenvalue weighted by molar-refractivity contribution is -0.119. The van der Waals surface area contributed by atoms with Crippen LogP contribution in [0, 0.1) is 0 Å². The molecule has 1 aliphatic rings. The summed E-state index contributed by atoms with van der Waals surface area (Å²) in [5, 5.41) is 0. The number of piperidine rings is 1. The lowest BCUT2D eigenvalue weighted by Crippen LogP contribution is -2.35. The zero-order valence-electron chi connectivity index (χ0n) is 17.6. The number of aryl methyl sites for hydroxylation is 2. The van der Waals surface area contributed by atoms with Crippen molar-refractivity contribution in [2.75, 3.05) is 11.4 Å². The summed E-state index contributed by atoms with van der Waals surface area (Å²) in [7, 11) is -3.16. The van der Waals surface area contributed by atoms with Gasteiger partial charge in [0.2, 0.25) is 5.91 Å². The van der Waals surface area contributed by atoms with E-state index < -0.39 is 14.6 Å². The Kier molecular flexibility index (Phi) is 6.47. The molecule has 4 nitrogen and oxygen atoms in total. The van der Waals surface area contributed by atoms with Crippen LogP contribution in [0.4, 0.5) is 5.69 Å². The number of carbonyl (C=O) groups is 1. The molecule has 5 heteroatoms. The van der Waals surface area contributed by atoms with Crippen molar-refractivity contribution in [3.05, 3.63) is 65.2 Å². The number of carbonyl (C=O) groups excluding carboxylic acids is 1. The molecule has 0 saturated carbocycles. The molecule has 0 unspecified atom stereocenters. The number of sulfone groups is 1. The molecule has 1 heterocycles. The number of nitrogens with zero attached hydrogens (tertiary/aromatic N) is 1. The Morgan fingerprint density at radius 1 is 0.828 bits per heavy atom. The fourth-order valence-electron chi connectivity index (χ4n) is 3.45. The molecule has 0 radical (unpaired) electrons. The van der Waals surface area contributed by atoms with Gasteiger partial charge in [0.15, 0.2) is 9.84 Å². The van der Waals surface area contributed by atoms with Crippen LogP contribution in [0.25, 0.3) is 0 Å². The molecule has 2 aromatic carbocycles. The van der Waals surface area contributed by atoms with E-state index in [1.807, 2.05) is 41.3 Å². The fraction of sp³-hybridized carbons (Fsp3) is 0.458. The summed E-state index contributed by atoms with van der Waals surface area (Å²) in [6.07, 6.45) is 4.52. The Hall–Kier alpha value is -2.14. The standard InChI is InChI=1S/C24H31NO3S/c1-24(2,3)29(27,28)18-21-11-9-19(10-12-21)7-8-20-13-15-22(16-14-20)25-17-5-4-6-23(25)26/h9-16H,4-8,17-18H2,1-3H3. The van der Waals surface area contributed by atoms with E-state index in [-0.39, 0.29) is 11.7 Å². The Bertz CT molecular complexity index is 939. The minimum absolute atomic E-state index is 0.0768. The summed E-state index contributed by atoms with van der Waals surface area (Å²) in [4.78, 5) is 13.9. The molecular formula is C24H31NO3S. The average molecular weight is 414 g/mol. The summed E-state index contributed by atoms with van der Waals surface area (Å²) in [6, 6.07) is 16.2. The van der Waals surface area contributed by atoms with E-state index in [0.29, 0.717) is 6.42 Å². The van der Waals surface area contributed by atoms with Crippen LogP contribution in [0.3, 0.4) is 0 Å². The first-order valence-electron chi connectivity index (χ1n) is 10.4. The maximum absolute atomic E-state index is 12.4. The second-order valence-electron chi connectivity index (χ2n) is 8.86. The predicted molar refractivity (Wildman–Crippen MR) is 119 cm³/mol. The van der Waals surface area contributed by atoms with Crippen LogP contribution in [0.2, 0.25) is 0 Å². The Labute approximate surface area is 174 Å². The van der Waals surface area contributed by atoms with Crippen LogP contribution in [-0.2, 0) is 33.2 Å². The number of benzene rings is 2. The molecule has 1 amide bonds. The highest BCUT2D eigenvalue weighted by Crippen LogP contribution is 2.23. The molecule has 0 aromatic heterocycles. The summed E-state index contributed by atoms with van der Waals surface area (Å²) >= 11 is 0. The predicted octanol–water partition coefficient (Wildman–Crippen LogP) is 4.70. The second kappa shape index (κ2) is 8.70. The van der Waals surface area contributed by atoms with Gasteiger partial charge in [-0.1, -0.05) is 36.4 Å². The van der Waals surface area contributed by atoms with Gasteiger partial charge < -0.3 is 4.90 Å². The third-order valence-electron chi connectivity index (χ3n) is 5.59. The molecule has 1 fully saturated rings. The largest absolute Gasteiger partial charge is 0.312 e. The van der Waals surface area contributed by atoms with Gasteiger partial charge in [-0.15, -0.1) is 0 Å². The van der Waals surface area contributed by atoms with Crippen LogP contribution < -0.4 is 4.90 Å². The van der Waals surface area contributed by atoms with E-state index >= 15 is 0 Å². The molecule has 0 atom stereocenters. The molecule has 156 valence electrons. The number of hydrogen-bond acceptors (Lipinski definition) is 3. The molecule has 1 saturated heterocycles. The Morgan fingerprint density at radius 2 is 1.34 bits per heavy atom. The van der Waals surface area contributed by atoms with Crippen molar-refractivity contribution in [3.8, 4) is 0 Å². The normalized spacial score (nSPS) is 15.6. The summed E-state index contributed by atoms with van der Waals surface area (Å²) in [5.41, 5.74) is 4.25. The first-order chi connectivity index (χ1) is 13.7. The molecule has 0 aliphatic carbocycles. The molecule has 29 heavy (non-hydrogen) atoms. The molecular weight excluding hydrogens is 382 g/mol. The van der Waals surface area contributed by atoms with Crippen LogP contribution >= 0.6 is 0 Å². The smallest absolute Gasteiger partial charge is 0.226 e. The Morgan fingerprint density at radius 3 is 1.86 bits per heavy atom. The summed E-state index contributed by atoms with van der Waals surface area (Å²) < 4.78 is 24.0. The van der Waals surface area contributed by atoms with Crippen LogP contribution in [0.15, 0.2) is 48.5 Å². The zero-order valence-corrected chi connectivity index (χ0v) is 18.5. The number of anilines is 1. The van der Waals surface area contributed by atoms with E-state index in [4.69, 9.17) is 0 Å². The topological polar surface area (TPSA) is 54.5 Å². The van der Waals surface area contributed by atoms with Crippen molar-refractivity contribution in [2.45, 2.75) is 63.4 Å². The van der Waals surface area contributed by atoms with Gasteiger partial charge in [-0.05, 0) is 75.3 Å². The zero-order chi connectivity index (χ0) is 21.1. The third-order valence-corrected chi connectivity index (χ3v) is 8.17. The van der Waals surface area contributed by atoms with E-state index in [9.17, 15) is 13.2 Å². The highest BCUT2D eigenvalue weighted by molar-refractivity contribution is 7.91. The Balaban J connectivity index is 1.57. The summed E-state index contributed by atoms with van der Waals surface area (Å²) in [6.45, 7) is 6.03. The quantitative estimate of drug-likeness (QED) is 0.690. The van der Waals surface area contributed by atoms with Gasteiger partial charge in [0, 0.05) is 18.7 Å². The third kappa shape index (κ3) is 5.47. The summed E-state index contributed by atoms with van der Waals surface area (Å²) in [5.74, 6) is 0.297. The monoisotopic (exact) mass is 413 g/mol. The minimum Gasteiger partial charge on any atom is -0.312 e. The van der Waals surface area contributed by atoms with Gasteiger partial charge in [-0.2, -0.15) is 0 Å². The van der Waals surface area contributed by atoms with Crippen molar-refractivity contribution in [2.24, 2.45) is 0 Å². The molecule has 3 rings (SSSR count). The maximum Gasteiger partial charge on any atom is 0.226 e. The lowest BCUT2D eigenvalue weighted by Gasteiger charge is -2.26. The lowest BCUT2D eigenvalue weighted by atomic mass is 10.0. The van der Waals surface area contributed by atoms with Crippen LogP contribution in [0.1, 0.15) is 56.7 Å². The van der Waals surface area contributed by atoms with E-state index in [1.165, 1.54) is 11.1 Å². The number of hydrogen-bond donors (Lipinski definition) is 0. The van der Waals surface area contributed by atoms with Gasteiger partial charge >= 0.3 is 0 Å². The van der Waals surface area contributed by atoms with Crippen molar-refractivity contribution in [3.63, 3.8) is 0 Å². The van der Waals surface area contributed by atoms with Gasteiger partial charge in [-0.3, -0.25) is 4.79 Å². The molecule has 0 bridgehead atoms. The van der Waals surface area contributed by atoms with Gasteiger partial charge in [0.05, 0.1) is 10.5 Å². The number of amides is 1. The first kappa shape index (κ1) is 21.6. The van der Waals surface area contributed by atoms with Crippen molar-refractivity contribution < 1.29 is 13.2 Å². The fourth-order valence-corrected chi connectivity index (χ4v) is 4.51. The average Bonchev–Trinajstić information content (AvgIpc) is 2.67. The molecule has 2 aromatic rings. The minimum atomic E-state index is -3.16. The maximum atomic E-state index is 12.4. The van der Waals surface area contributed by atoms with E-state index in [2.05, 4.69) is 12.1 Å². The van der Waals surface area contributed by atoms with Crippen molar-refractivity contribution in [1.29, 1.82) is 0 Å². The second-order valence-corrected chi connectivity index (χ2v) is 11.6. The van der Waals surface area contributed by atoms with Crippen LogP contribution in [-0.4, -0.2) is 25.6 Å². The van der Waals surface area contributed by atoms with Crippen molar-refractivity contribution in [1.82, 2.24) is 0 Å². The van der Waals surface area contributed by atoms with Gasteiger partial charge in [0.25, 0.3) is 0 Å². The van der Waals surface area contributed by atoms with Gasteiger partial charge in [0.1, 0.15) is 0 Å². The molecule has 0 N–H and O–H groups in total. The van der Waals surface area contributed by atoms with Crippen LogP contribution in [0.5, 0.6) is 0 Å². The first-order valence-corrected chi connectivity index (χ1v) is 12.0. The van der Waals surface area contributed by atoms with Gasteiger partial charge in [-0.25, -0.2) is 8.42 Å². The SMILES string of the molecule is CC(C)(C)S(=O)(=O)Cc1ccc(CCc2ccc(N3CCCCC3=O)cc2)cc1. The molecule has 0 spiro atoms. The highest BCUT2D eigenvalue weighted by atomic mass is 32.2.